The number of aromatic nitrogens is 6. The summed E-state index contributed by atoms with van der Waals surface area (Å²) in [5, 5.41) is 11.8. The number of anilines is 3. The number of aryl methyl sites for hydroxylation is 1. The van der Waals surface area contributed by atoms with Crippen molar-refractivity contribution in [2.75, 3.05) is 93.5 Å². The van der Waals surface area contributed by atoms with Crippen molar-refractivity contribution < 1.29 is 18.3 Å². The molecule has 8 aromatic rings. The van der Waals surface area contributed by atoms with Crippen LogP contribution >= 0.6 is 0 Å². The molecule has 0 spiro atoms. The van der Waals surface area contributed by atoms with Crippen LogP contribution in [-0.2, 0) is 9.47 Å². The number of halogens is 2. The second-order valence-corrected chi connectivity index (χ2v) is 15.4. The quantitative estimate of drug-likeness (QED) is 0.207. The predicted octanol–water partition coefficient (Wildman–Crippen LogP) is 5.40. The monoisotopic (exact) mass is 826 g/mol. The minimum atomic E-state index is -0.297. The Balaban J connectivity index is 0.000000148. The number of H-pyrrole nitrogens is 2. The largest absolute Gasteiger partial charge is 0.378 e. The van der Waals surface area contributed by atoms with Gasteiger partial charge in [0.05, 0.1) is 98.8 Å². The van der Waals surface area contributed by atoms with Crippen molar-refractivity contribution in [3.63, 3.8) is 0 Å². The van der Waals surface area contributed by atoms with Crippen LogP contribution in [0, 0.1) is 18.6 Å². The molecule has 3 aliphatic rings. The van der Waals surface area contributed by atoms with Gasteiger partial charge in [-0.2, -0.15) is 0 Å². The number of fused-ring (bicyclic) bond motifs is 6. The minimum Gasteiger partial charge on any atom is -0.378 e. The molecule has 16 heteroatoms. The smallest absolute Gasteiger partial charge is 0.280 e. The van der Waals surface area contributed by atoms with Crippen molar-refractivity contribution >= 4 is 60.7 Å². The molecule has 0 unspecified atom stereocenters. The predicted molar refractivity (Wildman–Crippen MR) is 234 cm³/mol. The van der Waals surface area contributed by atoms with E-state index in [-0.39, 0.29) is 22.8 Å². The van der Waals surface area contributed by atoms with Gasteiger partial charge in [0.25, 0.3) is 11.1 Å². The van der Waals surface area contributed by atoms with E-state index in [1.54, 1.807) is 18.3 Å². The summed E-state index contributed by atoms with van der Waals surface area (Å²) in [4.78, 5) is 41.5. The first-order valence-electron chi connectivity index (χ1n) is 20.6. The molecule has 0 radical (unpaired) electrons. The molecule has 3 aliphatic heterocycles. The van der Waals surface area contributed by atoms with Crippen LogP contribution in [0.15, 0.2) is 94.6 Å². The highest BCUT2D eigenvalue weighted by molar-refractivity contribution is 6.11. The molecule has 0 saturated carbocycles. The van der Waals surface area contributed by atoms with Crippen LogP contribution in [0.3, 0.4) is 0 Å². The van der Waals surface area contributed by atoms with Gasteiger partial charge in [-0.3, -0.25) is 29.8 Å². The van der Waals surface area contributed by atoms with Crippen LogP contribution in [0.25, 0.3) is 55.0 Å². The van der Waals surface area contributed by atoms with Gasteiger partial charge in [0.2, 0.25) is 0 Å². The Kier molecular flexibility index (Phi) is 10.2. The van der Waals surface area contributed by atoms with Gasteiger partial charge in [0, 0.05) is 63.9 Å². The third-order valence-corrected chi connectivity index (χ3v) is 11.7. The van der Waals surface area contributed by atoms with E-state index in [1.165, 1.54) is 15.4 Å². The zero-order valence-electron chi connectivity index (χ0n) is 33.6. The van der Waals surface area contributed by atoms with E-state index in [2.05, 4.69) is 25.5 Å². The van der Waals surface area contributed by atoms with Crippen molar-refractivity contribution in [3.05, 3.63) is 123 Å². The summed E-state index contributed by atoms with van der Waals surface area (Å²) >= 11 is 0. The van der Waals surface area contributed by atoms with Crippen molar-refractivity contribution in [2.24, 2.45) is 0 Å². The lowest BCUT2D eigenvalue weighted by atomic mass is 10.1. The topological polar surface area (TPSA) is 142 Å². The molecule has 312 valence electrons. The maximum atomic E-state index is 16.2. The second-order valence-electron chi connectivity index (χ2n) is 15.4. The van der Waals surface area contributed by atoms with Gasteiger partial charge in [-0.1, -0.05) is 36.4 Å². The normalized spacial score (nSPS) is 16.1. The molecule has 4 aromatic heterocycles. The molecular formula is C45H44F2N10O4. The zero-order chi connectivity index (χ0) is 41.6. The number of aromatic amines is 2. The van der Waals surface area contributed by atoms with E-state index in [0.29, 0.717) is 125 Å². The van der Waals surface area contributed by atoms with Gasteiger partial charge < -0.3 is 29.5 Å². The lowest BCUT2D eigenvalue weighted by Crippen LogP contribution is -2.43. The van der Waals surface area contributed by atoms with Crippen molar-refractivity contribution in [2.45, 2.75) is 6.92 Å². The fraction of sp³-hybridized carbons (Fsp3) is 0.289. The van der Waals surface area contributed by atoms with E-state index in [1.807, 2.05) is 82.3 Å². The molecule has 14 nitrogen and oxygen atoms in total. The maximum Gasteiger partial charge on any atom is 0.280 e. The van der Waals surface area contributed by atoms with E-state index >= 15 is 4.39 Å². The summed E-state index contributed by atoms with van der Waals surface area (Å²) in [6.45, 7) is 9.53. The summed E-state index contributed by atoms with van der Waals surface area (Å²) in [7, 11) is 0. The Labute approximate surface area is 347 Å². The van der Waals surface area contributed by atoms with E-state index in [4.69, 9.17) is 9.47 Å². The summed E-state index contributed by atoms with van der Waals surface area (Å²) in [5.41, 5.74) is 5.76. The second kappa shape index (κ2) is 16.1. The molecule has 4 aromatic carbocycles. The summed E-state index contributed by atoms with van der Waals surface area (Å²) < 4.78 is 45.2. The van der Waals surface area contributed by atoms with E-state index in [9.17, 15) is 14.0 Å². The summed E-state index contributed by atoms with van der Waals surface area (Å²) in [6, 6.07) is 23.8. The number of piperazine rings is 1. The highest BCUT2D eigenvalue weighted by atomic mass is 19.1. The van der Waals surface area contributed by atoms with E-state index < -0.39 is 0 Å². The molecule has 3 saturated heterocycles. The van der Waals surface area contributed by atoms with Crippen molar-refractivity contribution in [3.8, 4) is 11.4 Å². The van der Waals surface area contributed by atoms with Crippen LogP contribution in [-0.4, -0.2) is 108 Å². The van der Waals surface area contributed by atoms with Crippen LogP contribution in [0.5, 0.6) is 0 Å². The minimum absolute atomic E-state index is 0.181. The summed E-state index contributed by atoms with van der Waals surface area (Å²) in [5.74, 6) is -0.594. The zero-order valence-corrected chi connectivity index (χ0v) is 33.6. The fourth-order valence-corrected chi connectivity index (χ4v) is 8.69. The first-order valence-corrected chi connectivity index (χ1v) is 20.6. The third-order valence-electron chi connectivity index (χ3n) is 11.7. The van der Waals surface area contributed by atoms with Gasteiger partial charge in [0.15, 0.2) is 5.82 Å². The number of benzene rings is 4. The molecule has 0 atom stereocenters. The van der Waals surface area contributed by atoms with Gasteiger partial charge in [0.1, 0.15) is 5.82 Å². The average Bonchev–Trinajstić information content (AvgIpc) is 3.85. The molecule has 3 N–H and O–H groups in total. The number of para-hydroxylation sites is 2. The lowest BCUT2D eigenvalue weighted by molar-refractivity contribution is 0.121. The molecule has 3 fully saturated rings. The van der Waals surface area contributed by atoms with Crippen molar-refractivity contribution in [1.29, 1.82) is 0 Å². The number of nitrogens with zero attached hydrogens (tertiary/aromatic N) is 7. The van der Waals surface area contributed by atoms with Crippen LogP contribution < -0.4 is 31.1 Å². The molecular weight excluding hydrogens is 783 g/mol. The fourth-order valence-electron chi connectivity index (χ4n) is 8.69. The van der Waals surface area contributed by atoms with Gasteiger partial charge in [-0.25, -0.2) is 18.1 Å². The maximum absolute atomic E-state index is 16.2. The average molecular weight is 827 g/mol. The molecule has 0 amide bonds. The molecule has 0 aliphatic carbocycles. The number of ether oxygens (including phenoxy) is 2. The lowest BCUT2D eigenvalue weighted by Gasteiger charge is -2.34. The van der Waals surface area contributed by atoms with Gasteiger partial charge in [-0.05, 0) is 49.4 Å². The molecule has 0 bridgehead atoms. The Morgan fingerprint density at radius 1 is 0.623 bits per heavy atom. The Hall–Kier alpha value is -6.62. The van der Waals surface area contributed by atoms with Crippen LogP contribution in [0.1, 0.15) is 5.69 Å². The van der Waals surface area contributed by atoms with E-state index in [0.717, 1.165) is 31.9 Å². The number of hydrogen-bond acceptors (Lipinski definition) is 10. The highest BCUT2D eigenvalue weighted by Crippen LogP contribution is 2.39. The first-order chi connectivity index (χ1) is 29.9. The number of rotatable bonds is 5. The number of hydrogen-bond donors (Lipinski definition) is 3. The SMILES string of the molecule is Cc1nc2cc(N3CCNCC3)c(F)cc2c2[nH]n(-c3ccccc3)c(=O)c12.O=c1c2cnc3cc(N4CCOCC4)c(F)c(N4CCOCC4)c3c2[nH]n1-c1ccccc1. The Bertz CT molecular complexity index is 3020. The molecule has 11 rings (SSSR count). The Morgan fingerprint density at radius 3 is 1.82 bits per heavy atom. The highest BCUT2D eigenvalue weighted by Gasteiger charge is 2.28. The van der Waals surface area contributed by atoms with Gasteiger partial charge >= 0.3 is 0 Å². The van der Waals surface area contributed by atoms with Crippen LogP contribution in [0.2, 0.25) is 0 Å². The number of pyridine rings is 2. The molecule has 61 heavy (non-hydrogen) atoms. The van der Waals surface area contributed by atoms with Crippen molar-refractivity contribution in [1.82, 2.24) is 34.8 Å². The number of morpholine rings is 2. The first kappa shape index (κ1) is 38.6. The Morgan fingerprint density at radius 2 is 1.18 bits per heavy atom. The van der Waals surface area contributed by atoms with Crippen LogP contribution in [0.4, 0.5) is 25.8 Å². The number of nitrogens with one attached hydrogen (secondary N) is 3. The van der Waals surface area contributed by atoms with Gasteiger partial charge in [-0.15, -0.1) is 0 Å². The molecule has 7 heterocycles. The third kappa shape index (κ3) is 6.95. The summed E-state index contributed by atoms with van der Waals surface area (Å²) in [6.07, 6.45) is 1.58. The standard InChI is InChI=1S/C24H24FN5O3.C21H20FN5O/c25-21-19(28-6-10-32-11-7-28)14-18-20(23(21)29-8-12-33-13-9-29)22-17(15-26-18)24(31)30(27-22)16-4-2-1-3-5-16;1-13-19-20(25-27(21(19)28)14-5-3-2-4-6-14)15-11-16(22)18(12-17(15)24-13)26-9-7-23-8-10-26/h1-5,14-15,27H,6-13H2;2-6,11-12,23,25H,7-10H2,1H3.